The number of alkyl halides is 1. The molecule has 0 fully saturated rings. The van der Waals surface area contributed by atoms with E-state index in [2.05, 4.69) is 38.1 Å². The van der Waals surface area contributed by atoms with E-state index >= 15 is 0 Å². The van der Waals surface area contributed by atoms with Gasteiger partial charge in [0.1, 0.15) is 0 Å². The molecule has 0 amide bonds. The highest BCUT2D eigenvalue weighted by atomic mass is 79.9. The van der Waals surface area contributed by atoms with Crippen LogP contribution in [-0.2, 0) is 0 Å². The minimum Gasteiger partial charge on any atom is -0.354 e. The van der Waals surface area contributed by atoms with Gasteiger partial charge in [0.25, 0.3) is 0 Å². The SMILES string of the molecule is CC(CCCl)CNc1ncc(Br)cn1. The minimum absolute atomic E-state index is 0.541. The normalized spacial score (nSPS) is 12.5. The summed E-state index contributed by atoms with van der Waals surface area (Å²) < 4.78 is 0.886. The van der Waals surface area contributed by atoms with E-state index in [0.717, 1.165) is 17.4 Å². The Bertz CT molecular complexity index is 265. The predicted octanol–water partition coefficient (Wildman–Crippen LogP) is 2.92. The summed E-state index contributed by atoms with van der Waals surface area (Å²) in [5, 5.41) is 3.15. The van der Waals surface area contributed by atoms with Crippen LogP contribution in [0.4, 0.5) is 5.95 Å². The molecule has 1 heterocycles. The molecular weight excluding hydrogens is 265 g/mol. The number of nitrogens with zero attached hydrogens (tertiary/aromatic N) is 2. The summed E-state index contributed by atoms with van der Waals surface area (Å²) in [6.45, 7) is 3.00. The van der Waals surface area contributed by atoms with Gasteiger partial charge in [0, 0.05) is 24.8 Å². The lowest BCUT2D eigenvalue weighted by molar-refractivity contribution is 0.594. The van der Waals surface area contributed by atoms with Crippen LogP contribution in [-0.4, -0.2) is 22.4 Å². The summed E-state index contributed by atoms with van der Waals surface area (Å²) in [4.78, 5) is 8.22. The third-order valence-corrected chi connectivity index (χ3v) is 2.46. The zero-order chi connectivity index (χ0) is 10.4. The summed E-state index contributed by atoms with van der Waals surface area (Å²) in [6, 6.07) is 0. The van der Waals surface area contributed by atoms with Crippen molar-refractivity contribution in [2.24, 2.45) is 5.92 Å². The Hall–Kier alpha value is -0.350. The van der Waals surface area contributed by atoms with Crippen LogP contribution in [0.15, 0.2) is 16.9 Å². The van der Waals surface area contributed by atoms with Crippen LogP contribution < -0.4 is 5.32 Å². The molecule has 3 nitrogen and oxygen atoms in total. The first-order valence-electron chi connectivity index (χ1n) is 4.49. The Morgan fingerprint density at radius 2 is 2.14 bits per heavy atom. The number of rotatable bonds is 5. The first kappa shape index (κ1) is 11.7. The van der Waals surface area contributed by atoms with E-state index in [1.165, 1.54) is 0 Å². The Morgan fingerprint density at radius 3 is 2.71 bits per heavy atom. The molecule has 0 aromatic carbocycles. The van der Waals surface area contributed by atoms with E-state index in [1.807, 2.05) is 0 Å². The van der Waals surface area contributed by atoms with E-state index in [1.54, 1.807) is 12.4 Å². The average Bonchev–Trinajstić information content (AvgIpc) is 2.17. The molecule has 5 heteroatoms. The topological polar surface area (TPSA) is 37.8 Å². The Labute approximate surface area is 97.4 Å². The largest absolute Gasteiger partial charge is 0.354 e. The highest BCUT2D eigenvalue weighted by Crippen LogP contribution is 2.08. The van der Waals surface area contributed by atoms with Gasteiger partial charge in [-0.25, -0.2) is 9.97 Å². The molecule has 0 aliphatic carbocycles. The molecular formula is C9H13BrClN3. The van der Waals surface area contributed by atoms with Crippen molar-refractivity contribution in [1.29, 1.82) is 0 Å². The summed E-state index contributed by atoms with van der Waals surface area (Å²) in [6.07, 6.45) is 4.45. The molecule has 0 aliphatic heterocycles. The van der Waals surface area contributed by atoms with Crippen molar-refractivity contribution in [3.05, 3.63) is 16.9 Å². The molecule has 0 bridgehead atoms. The third kappa shape index (κ3) is 4.24. The van der Waals surface area contributed by atoms with Gasteiger partial charge in [-0.05, 0) is 28.3 Å². The Morgan fingerprint density at radius 1 is 1.50 bits per heavy atom. The molecule has 1 unspecified atom stereocenters. The van der Waals surface area contributed by atoms with Crippen LogP contribution in [0.5, 0.6) is 0 Å². The molecule has 14 heavy (non-hydrogen) atoms. The zero-order valence-corrected chi connectivity index (χ0v) is 10.3. The van der Waals surface area contributed by atoms with Gasteiger partial charge in [-0.1, -0.05) is 6.92 Å². The van der Waals surface area contributed by atoms with E-state index in [-0.39, 0.29) is 0 Å². The lowest BCUT2D eigenvalue weighted by atomic mass is 10.1. The molecule has 0 aliphatic rings. The minimum atomic E-state index is 0.541. The van der Waals surface area contributed by atoms with E-state index in [9.17, 15) is 0 Å². The molecule has 0 radical (unpaired) electrons. The van der Waals surface area contributed by atoms with Gasteiger partial charge in [0.05, 0.1) is 4.47 Å². The molecule has 0 saturated carbocycles. The predicted molar refractivity (Wildman–Crippen MR) is 62.7 cm³/mol. The zero-order valence-electron chi connectivity index (χ0n) is 8.00. The standard InChI is InChI=1S/C9H13BrClN3/c1-7(2-3-11)4-12-9-13-5-8(10)6-14-9/h5-7H,2-4H2,1H3,(H,12,13,14). The second kappa shape index (κ2) is 6.19. The third-order valence-electron chi connectivity index (χ3n) is 1.83. The molecule has 78 valence electrons. The number of halogens is 2. The fourth-order valence-corrected chi connectivity index (χ4v) is 1.53. The van der Waals surface area contributed by atoms with Crippen LogP contribution in [0.1, 0.15) is 13.3 Å². The second-order valence-corrected chi connectivity index (χ2v) is 4.48. The fourth-order valence-electron chi connectivity index (χ4n) is 0.957. The number of nitrogens with one attached hydrogen (secondary N) is 1. The molecule has 1 N–H and O–H groups in total. The van der Waals surface area contributed by atoms with Gasteiger partial charge in [-0.3, -0.25) is 0 Å². The number of anilines is 1. The van der Waals surface area contributed by atoms with Crippen molar-refractivity contribution in [1.82, 2.24) is 9.97 Å². The summed E-state index contributed by atoms with van der Waals surface area (Å²) in [5.74, 6) is 1.90. The maximum Gasteiger partial charge on any atom is 0.222 e. The molecule has 1 rings (SSSR count). The molecule has 1 aromatic rings. The van der Waals surface area contributed by atoms with Crippen LogP contribution in [0.3, 0.4) is 0 Å². The average molecular weight is 279 g/mol. The Balaban J connectivity index is 2.34. The van der Waals surface area contributed by atoms with Crippen LogP contribution in [0, 0.1) is 5.92 Å². The lowest BCUT2D eigenvalue weighted by Gasteiger charge is -2.10. The summed E-state index contributed by atoms with van der Waals surface area (Å²) in [5.41, 5.74) is 0. The number of aromatic nitrogens is 2. The van der Waals surface area contributed by atoms with Crippen LogP contribution in [0.25, 0.3) is 0 Å². The van der Waals surface area contributed by atoms with Crippen molar-refractivity contribution in [2.75, 3.05) is 17.7 Å². The monoisotopic (exact) mass is 277 g/mol. The first-order chi connectivity index (χ1) is 6.72. The van der Waals surface area contributed by atoms with E-state index in [4.69, 9.17) is 11.6 Å². The highest BCUT2D eigenvalue weighted by molar-refractivity contribution is 9.10. The van der Waals surface area contributed by atoms with Crippen LogP contribution in [0.2, 0.25) is 0 Å². The summed E-state index contributed by atoms with van der Waals surface area (Å²) in [7, 11) is 0. The van der Waals surface area contributed by atoms with Crippen molar-refractivity contribution in [3.8, 4) is 0 Å². The van der Waals surface area contributed by atoms with Crippen molar-refractivity contribution in [2.45, 2.75) is 13.3 Å². The van der Waals surface area contributed by atoms with Gasteiger partial charge in [0.2, 0.25) is 5.95 Å². The van der Waals surface area contributed by atoms with Gasteiger partial charge in [0.15, 0.2) is 0 Å². The van der Waals surface area contributed by atoms with Crippen molar-refractivity contribution < 1.29 is 0 Å². The van der Waals surface area contributed by atoms with Crippen LogP contribution >= 0.6 is 27.5 Å². The maximum atomic E-state index is 5.63. The van der Waals surface area contributed by atoms with Crippen molar-refractivity contribution in [3.63, 3.8) is 0 Å². The highest BCUT2D eigenvalue weighted by Gasteiger charge is 2.01. The van der Waals surface area contributed by atoms with Crippen molar-refractivity contribution >= 4 is 33.5 Å². The molecule has 0 spiro atoms. The second-order valence-electron chi connectivity index (χ2n) is 3.19. The molecule has 1 atom stereocenters. The fraction of sp³-hybridized carbons (Fsp3) is 0.556. The molecule has 1 aromatic heterocycles. The quantitative estimate of drug-likeness (QED) is 0.842. The lowest BCUT2D eigenvalue weighted by Crippen LogP contribution is -2.13. The van der Waals surface area contributed by atoms with E-state index < -0.39 is 0 Å². The number of hydrogen-bond donors (Lipinski definition) is 1. The van der Waals surface area contributed by atoms with Gasteiger partial charge < -0.3 is 5.32 Å². The van der Waals surface area contributed by atoms with Gasteiger partial charge >= 0.3 is 0 Å². The smallest absolute Gasteiger partial charge is 0.222 e. The maximum absolute atomic E-state index is 5.63. The first-order valence-corrected chi connectivity index (χ1v) is 5.82. The van der Waals surface area contributed by atoms with Gasteiger partial charge in [-0.15, -0.1) is 11.6 Å². The van der Waals surface area contributed by atoms with Gasteiger partial charge in [-0.2, -0.15) is 0 Å². The number of hydrogen-bond acceptors (Lipinski definition) is 3. The van der Waals surface area contributed by atoms with E-state index in [0.29, 0.717) is 17.7 Å². The Kier molecular flexibility index (Phi) is 5.19. The summed E-state index contributed by atoms with van der Waals surface area (Å²) >= 11 is 8.91. The molecule has 0 saturated heterocycles.